The summed E-state index contributed by atoms with van der Waals surface area (Å²) >= 11 is 1.57. The van der Waals surface area contributed by atoms with Crippen molar-refractivity contribution in [2.24, 2.45) is 0 Å². The molecule has 8 heteroatoms. The number of methoxy groups -OCH3 is 1. The van der Waals surface area contributed by atoms with E-state index in [0.717, 1.165) is 38.5 Å². The van der Waals surface area contributed by atoms with E-state index in [0.29, 0.717) is 4.90 Å². The Labute approximate surface area is 179 Å². The predicted molar refractivity (Wildman–Crippen MR) is 121 cm³/mol. The third kappa shape index (κ3) is 4.01. The lowest BCUT2D eigenvalue weighted by molar-refractivity contribution is 0.415. The lowest BCUT2D eigenvalue weighted by atomic mass is 10.1. The summed E-state index contributed by atoms with van der Waals surface area (Å²) in [6.07, 6.45) is 2.76. The molecule has 0 bridgehead atoms. The first-order chi connectivity index (χ1) is 14.4. The molecule has 0 saturated heterocycles. The first kappa shape index (κ1) is 20.3. The van der Waals surface area contributed by atoms with E-state index in [2.05, 4.69) is 20.7 Å². The SMILES string of the molecule is COc1ccc(-c2csc3ncnc(N[C@@H](C)c4ccc(S(C)(=O)=O)cc4)c23)cc1. The van der Waals surface area contributed by atoms with Gasteiger partial charge in [0, 0.05) is 23.2 Å². The summed E-state index contributed by atoms with van der Waals surface area (Å²) in [4.78, 5) is 10.1. The van der Waals surface area contributed by atoms with Crippen LogP contribution < -0.4 is 10.1 Å². The molecule has 0 fully saturated rings. The second-order valence-corrected chi connectivity index (χ2v) is 9.86. The Bertz CT molecular complexity index is 1280. The molecule has 0 amide bonds. The van der Waals surface area contributed by atoms with Gasteiger partial charge in [-0.15, -0.1) is 11.3 Å². The molecule has 1 N–H and O–H groups in total. The van der Waals surface area contributed by atoms with Crippen LogP contribution in [0, 0.1) is 0 Å². The van der Waals surface area contributed by atoms with Crippen LogP contribution in [0.15, 0.2) is 65.1 Å². The van der Waals surface area contributed by atoms with Gasteiger partial charge in [0.2, 0.25) is 0 Å². The highest BCUT2D eigenvalue weighted by molar-refractivity contribution is 7.90. The monoisotopic (exact) mass is 439 g/mol. The van der Waals surface area contributed by atoms with Crippen molar-refractivity contribution >= 4 is 37.2 Å². The van der Waals surface area contributed by atoms with Crippen molar-refractivity contribution in [1.29, 1.82) is 0 Å². The molecular weight excluding hydrogens is 418 g/mol. The summed E-state index contributed by atoms with van der Waals surface area (Å²) in [7, 11) is -1.57. The van der Waals surface area contributed by atoms with Gasteiger partial charge >= 0.3 is 0 Å². The summed E-state index contributed by atoms with van der Waals surface area (Å²) in [6.45, 7) is 2.02. The Kier molecular flexibility index (Phi) is 5.44. The predicted octanol–water partition coefficient (Wildman–Crippen LogP) is 4.94. The summed E-state index contributed by atoms with van der Waals surface area (Å²) in [5.41, 5.74) is 3.08. The minimum Gasteiger partial charge on any atom is -0.497 e. The van der Waals surface area contributed by atoms with E-state index in [1.807, 2.05) is 43.3 Å². The van der Waals surface area contributed by atoms with Crippen molar-refractivity contribution in [2.45, 2.75) is 17.9 Å². The Morgan fingerprint density at radius 3 is 2.37 bits per heavy atom. The molecule has 2 aromatic heterocycles. The summed E-state index contributed by atoms with van der Waals surface area (Å²) in [6, 6.07) is 14.7. The molecule has 2 aromatic carbocycles. The lowest BCUT2D eigenvalue weighted by Crippen LogP contribution is -2.09. The Morgan fingerprint density at radius 1 is 1.03 bits per heavy atom. The molecule has 154 valence electrons. The average Bonchev–Trinajstić information content (AvgIpc) is 3.18. The van der Waals surface area contributed by atoms with Crippen LogP contribution >= 0.6 is 11.3 Å². The number of nitrogens with zero attached hydrogens (tertiary/aromatic N) is 2. The average molecular weight is 440 g/mol. The van der Waals surface area contributed by atoms with Gasteiger partial charge in [0.1, 0.15) is 22.7 Å². The third-order valence-electron chi connectivity index (χ3n) is 4.93. The number of sulfone groups is 1. The number of fused-ring (bicyclic) bond motifs is 1. The summed E-state index contributed by atoms with van der Waals surface area (Å²) in [5, 5.41) is 6.51. The number of benzene rings is 2. The topological polar surface area (TPSA) is 81.2 Å². The largest absolute Gasteiger partial charge is 0.497 e. The highest BCUT2D eigenvalue weighted by atomic mass is 32.2. The van der Waals surface area contributed by atoms with Crippen LogP contribution in [-0.2, 0) is 9.84 Å². The molecular formula is C22H21N3O3S2. The van der Waals surface area contributed by atoms with Crippen LogP contribution in [-0.4, -0.2) is 31.8 Å². The van der Waals surface area contributed by atoms with E-state index in [9.17, 15) is 8.42 Å². The molecule has 0 radical (unpaired) electrons. The fourth-order valence-electron chi connectivity index (χ4n) is 3.26. The van der Waals surface area contributed by atoms with Crippen molar-refractivity contribution in [1.82, 2.24) is 9.97 Å². The summed E-state index contributed by atoms with van der Waals surface area (Å²) < 4.78 is 28.6. The number of ether oxygens (including phenoxy) is 1. The molecule has 4 aromatic rings. The number of thiophene rings is 1. The fraction of sp³-hybridized carbons (Fsp3) is 0.182. The van der Waals surface area contributed by atoms with Crippen LogP contribution in [0.1, 0.15) is 18.5 Å². The molecule has 0 aliphatic rings. The van der Waals surface area contributed by atoms with Crippen molar-refractivity contribution in [2.75, 3.05) is 18.7 Å². The smallest absolute Gasteiger partial charge is 0.175 e. The Morgan fingerprint density at radius 2 is 1.73 bits per heavy atom. The molecule has 4 rings (SSSR count). The maximum Gasteiger partial charge on any atom is 0.175 e. The van der Waals surface area contributed by atoms with E-state index in [4.69, 9.17) is 4.74 Å². The van der Waals surface area contributed by atoms with E-state index < -0.39 is 9.84 Å². The van der Waals surface area contributed by atoms with E-state index in [1.165, 1.54) is 6.26 Å². The zero-order valence-corrected chi connectivity index (χ0v) is 18.4. The van der Waals surface area contributed by atoms with Gasteiger partial charge in [0.15, 0.2) is 9.84 Å². The minimum atomic E-state index is -3.22. The van der Waals surface area contributed by atoms with E-state index in [1.54, 1.807) is 36.9 Å². The quantitative estimate of drug-likeness (QED) is 0.458. The zero-order chi connectivity index (χ0) is 21.3. The van der Waals surface area contributed by atoms with Crippen molar-refractivity contribution in [3.05, 3.63) is 65.8 Å². The van der Waals surface area contributed by atoms with Crippen LogP contribution in [0.3, 0.4) is 0 Å². The van der Waals surface area contributed by atoms with Gasteiger partial charge < -0.3 is 10.1 Å². The van der Waals surface area contributed by atoms with Gasteiger partial charge in [-0.25, -0.2) is 18.4 Å². The number of anilines is 1. The van der Waals surface area contributed by atoms with Gasteiger partial charge in [-0.2, -0.15) is 0 Å². The molecule has 0 unspecified atom stereocenters. The Balaban J connectivity index is 1.68. The molecule has 0 aliphatic heterocycles. The third-order valence-corrected chi connectivity index (χ3v) is 6.95. The van der Waals surface area contributed by atoms with Gasteiger partial charge in [0.05, 0.1) is 17.4 Å². The number of hydrogen-bond donors (Lipinski definition) is 1. The maximum absolute atomic E-state index is 11.7. The molecule has 30 heavy (non-hydrogen) atoms. The molecule has 0 aliphatic carbocycles. The molecule has 2 heterocycles. The molecule has 1 atom stereocenters. The summed E-state index contributed by atoms with van der Waals surface area (Å²) in [5.74, 6) is 1.55. The highest BCUT2D eigenvalue weighted by Crippen LogP contribution is 2.38. The molecule has 6 nitrogen and oxygen atoms in total. The molecule has 0 saturated carbocycles. The van der Waals surface area contributed by atoms with Crippen molar-refractivity contribution in [3.63, 3.8) is 0 Å². The van der Waals surface area contributed by atoms with Crippen molar-refractivity contribution < 1.29 is 13.2 Å². The van der Waals surface area contributed by atoms with Gasteiger partial charge in [-0.05, 0) is 42.3 Å². The van der Waals surface area contributed by atoms with Crippen molar-refractivity contribution in [3.8, 4) is 16.9 Å². The number of nitrogens with one attached hydrogen (secondary N) is 1. The number of aromatic nitrogens is 2. The standard InChI is InChI=1S/C22H21N3O3S2/c1-14(15-6-10-18(11-7-15)30(3,26)27)25-21-20-19(12-29-22(20)24-13-23-21)16-4-8-17(28-2)9-5-16/h4-14H,1-3H3,(H,23,24,25)/t14-/m0/s1. The van der Waals surface area contributed by atoms with Gasteiger partial charge in [-0.1, -0.05) is 24.3 Å². The van der Waals surface area contributed by atoms with Crippen LogP contribution in [0.4, 0.5) is 5.82 Å². The van der Waals surface area contributed by atoms with Crippen LogP contribution in [0.2, 0.25) is 0 Å². The minimum absolute atomic E-state index is 0.0691. The number of hydrogen-bond acceptors (Lipinski definition) is 7. The van der Waals surface area contributed by atoms with Gasteiger partial charge in [0.25, 0.3) is 0 Å². The van der Waals surface area contributed by atoms with E-state index in [-0.39, 0.29) is 6.04 Å². The fourth-order valence-corrected chi connectivity index (χ4v) is 4.81. The zero-order valence-electron chi connectivity index (χ0n) is 16.8. The first-order valence-corrected chi connectivity index (χ1v) is 12.1. The van der Waals surface area contributed by atoms with Crippen LogP contribution in [0.5, 0.6) is 5.75 Å². The second-order valence-electron chi connectivity index (χ2n) is 6.99. The molecule has 0 spiro atoms. The lowest BCUT2D eigenvalue weighted by Gasteiger charge is -2.16. The first-order valence-electron chi connectivity index (χ1n) is 9.30. The number of rotatable bonds is 6. The maximum atomic E-state index is 11.7. The Hall–Kier alpha value is -2.97. The highest BCUT2D eigenvalue weighted by Gasteiger charge is 2.16. The van der Waals surface area contributed by atoms with Gasteiger partial charge in [-0.3, -0.25) is 0 Å². The second kappa shape index (κ2) is 8.04. The van der Waals surface area contributed by atoms with Crippen LogP contribution in [0.25, 0.3) is 21.3 Å². The normalized spacial score (nSPS) is 12.6. The van der Waals surface area contributed by atoms with E-state index >= 15 is 0 Å².